The van der Waals surface area contributed by atoms with Gasteiger partial charge in [0.15, 0.2) is 0 Å². The first kappa shape index (κ1) is 14.8. The molecule has 5 nitrogen and oxygen atoms in total. The fourth-order valence-electron chi connectivity index (χ4n) is 2.75. The lowest BCUT2D eigenvalue weighted by Crippen LogP contribution is -2.16. The van der Waals surface area contributed by atoms with Crippen LogP contribution in [-0.4, -0.2) is 18.2 Å². The molecule has 1 N–H and O–H groups in total. The van der Waals surface area contributed by atoms with Crippen LogP contribution in [-0.2, 0) is 10.0 Å². The lowest BCUT2D eigenvalue weighted by atomic mass is 10.2. The average Bonchev–Trinajstić information content (AvgIpc) is 3.17. The van der Waals surface area contributed by atoms with Crippen molar-refractivity contribution in [3.8, 4) is 0 Å². The van der Waals surface area contributed by atoms with E-state index in [1.807, 2.05) is 30.3 Å². The highest BCUT2D eigenvalue weighted by Gasteiger charge is 2.21. The number of sulfonamides is 1. The van der Waals surface area contributed by atoms with Crippen LogP contribution in [0.3, 0.4) is 0 Å². The molecule has 1 saturated carbocycles. The zero-order chi connectivity index (χ0) is 15.4. The average molecular weight is 317 g/mol. The maximum Gasteiger partial charge on any atom is 0.256 e. The first-order chi connectivity index (χ1) is 10.6. The summed E-state index contributed by atoms with van der Waals surface area (Å²) >= 11 is 0. The Morgan fingerprint density at radius 2 is 1.86 bits per heavy atom. The summed E-state index contributed by atoms with van der Waals surface area (Å²) in [6, 6.07) is 11.3. The molecule has 0 radical (unpaired) electrons. The molecule has 0 amide bonds. The highest BCUT2D eigenvalue weighted by molar-refractivity contribution is 7.95. The highest BCUT2D eigenvalue weighted by Crippen LogP contribution is 2.31. The highest BCUT2D eigenvalue weighted by atomic mass is 32.2. The molecule has 0 atom stereocenters. The monoisotopic (exact) mass is 317 g/mol. The van der Waals surface area contributed by atoms with Crippen LogP contribution in [0.4, 0.5) is 5.82 Å². The third-order valence-corrected chi connectivity index (χ3v) is 4.81. The maximum atomic E-state index is 12.2. The van der Waals surface area contributed by atoms with Gasteiger partial charge in [-0.2, -0.15) is 5.10 Å². The van der Waals surface area contributed by atoms with E-state index in [0.717, 1.165) is 18.4 Å². The Morgan fingerprint density at radius 3 is 2.59 bits per heavy atom. The summed E-state index contributed by atoms with van der Waals surface area (Å²) in [5.41, 5.74) is 0.845. The van der Waals surface area contributed by atoms with Crippen molar-refractivity contribution in [2.24, 2.45) is 0 Å². The van der Waals surface area contributed by atoms with Crippen LogP contribution >= 0.6 is 0 Å². The second-order valence-electron chi connectivity index (χ2n) is 5.46. The number of hydrogen-bond donors (Lipinski definition) is 1. The Hall–Kier alpha value is -2.08. The van der Waals surface area contributed by atoms with Crippen molar-refractivity contribution >= 4 is 21.9 Å². The number of nitrogens with one attached hydrogen (secondary N) is 1. The van der Waals surface area contributed by atoms with Crippen LogP contribution < -0.4 is 4.72 Å². The normalized spacial score (nSPS) is 16.4. The van der Waals surface area contributed by atoms with Gasteiger partial charge in [-0.05, 0) is 24.5 Å². The summed E-state index contributed by atoms with van der Waals surface area (Å²) in [6.07, 6.45) is 7.66. The molecule has 1 aliphatic rings. The molecule has 3 rings (SSSR count). The van der Waals surface area contributed by atoms with Gasteiger partial charge in [-0.1, -0.05) is 43.2 Å². The molecule has 1 aliphatic carbocycles. The van der Waals surface area contributed by atoms with Gasteiger partial charge in [-0.25, -0.2) is 13.1 Å². The van der Waals surface area contributed by atoms with Crippen molar-refractivity contribution < 1.29 is 8.42 Å². The van der Waals surface area contributed by atoms with Crippen molar-refractivity contribution in [1.82, 2.24) is 9.78 Å². The minimum absolute atomic E-state index is 0.297. The summed E-state index contributed by atoms with van der Waals surface area (Å²) in [5, 5.41) is 5.46. The van der Waals surface area contributed by atoms with E-state index < -0.39 is 10.0 Å². The predicted molar refractivity (Wildman–Crippen MR) is 87.8 cm³/mol. The van der Waals surface area contributed by atoms with Gasteiger partial charge in [0, 0.05) is 6.07 Å². The molecular weight excluding hydrogens is 298 g/mol. The van der Waals surface area contributed by atoms with Crippen molar-refractivity contribution in [2.75, 3.05) is 4.72 Å². The van der Waals surface area contributed by atoms with Crippen molar-refractivity contribution in [3.63, 3.8) is 0 Å². The van der Waals surface area contributed by atoms with E-state index in [2.05, 4.69) is 9.82 Å². The fourth-order valence-corrected chi connectivity index (χ4v) is 3.60. The molecule has 22 heavy (non-hydrogen) atoms. The van der Waals surface area contributed by atoms with Crippen LogP contribution in [0.2, 0.25) is 0 Å². The first-order valence-electron chi connectivity index (χ1n) is 7.43. The molecule has 0 spiro atoms. The number of aromatic nitrogens is 2. The summed E-state index contributed by atoms with van der Waals surface area (Å²) in [4.78, 5) is 0. The van der Waals surface area contributed by atoms with E-state index in [1.54, 1.807) is 23.0 Å². The van der Waals surface area contributed by atoms with Gasteiger partial charge in [-0.15, -0.1) is 0 Å². The third kappa shape index (κ3) is 3.57. The van der Waals surface area contributed by atoms with Gasteiger partial charge in [0.2, 0.25) is 0 Å². The van der Waals surface area contributed by atoms with Gasteiger partial charge in [-0.3, -0.25) is 4.72 Å². The maximum absolute atomic E-state index is 12.2. The molecule has 0 unspecified atom stereocenters. The van der Waals surface area contributed by atoms with Gasteiger partial charge in [0.1, 0.15) is 5.82 Å². The number of benzene rings is 1. The lowest BCUT2D eigenvalue weighted by Gasteiger charge is -2.14. The Kier molecular flexibility index (Phi) is 4.29. The molecule has 116 valence electrons. The number of hydrogen-bond acceptors (Lipinski definition) is 3. The van der Waals surface area contributed by atoms with Crippen LogP contribution in [0.15, 0.2) is 48.0 Å². The number of anilines is 1. The van der Waals surface area contributed by atoms with Crippen LogP contribution in [0.25, 0.3) is 6.08 Å². The Labute approximate surface area is 130 Å². The van der Waals surface area contributed by atoms with Crippen LogP contribution in [0.1, 0.15) is 37.3 Å². The number of nitrogens with zero attached hydrogens (tertiary/aromatic N) is 2. The molecule has 2 aromatic rings. The van der Waals surface area contributed by atoms with E-state index in [4.69, 9.17) is 0 Å². The van der Waals surface area contributed by atoms with Crippen molar-refractivity contribution in [2.45, 2.75) is 31.7 Å². The van der Waals surface area contributed by atoms with Gasteiger partial charge >= 0.3 is 0 Å². The second kappa shape index (κ2) is 6.36. The number of rotatable bonds is 5. The molecule has 0 aliphatic heterocycles. The summed E-state index contributed by atoms with van der Waals surface area (Å²) < 4.78 is 28.8. The predicted octanol–water partition coefficient (Wildman–Crippen LogP) is 3.41. The Bertz CT molecular complexity index is 745. The summed E-state index contributed by atoms with van der Waals surface area (Å²) in [5.74, 6) is 0.532. The molecule has 1 heterocycles. The van der Waals surface area contributed by atoms with E-state index in [1.165, 1.54) is 18.2 Å². The quantitative estimate of drug-likeness (QED) is 0.919. The van der Waals surface area contributed by atoms with Crippen molar-refractivity contribution in [3.05, 3.63) is 53.6 Å². The molecule has 0 bridgehead atoms. The minimum atomic E-state index is -3.55. The fraction of sp³-hybridized carbons (Fsp3) is 0.312. The Morgan fingerprint density at radius 1 is 1.14 bits per heavy atom. The summed E-state index contributed by atoms with van der Waals surface area (Å²) in [7, 11) is -3.55. The third-order valence-electron chi connectivity index (χ3n) is 3.83. The van der Waals surface area contributed by atoms with Crippen LogP contribution in [0.5, 0.6) is 0 Å². The van der Waals surface area contributed by atoms with Crippen molar-refractivity contribution in [1.29, 1.82) is 0 Å². The molecule has 6 heteroatoms. The van der Waals surface area contributed by atoms with E-state index >= 15 is 0 Å². The van der Waals surface area contributed by atoms with E-state index in [0.29, 0.717) is 11.9 Å². The molecule has 0 saturated heterocycles. The lowest BCUT2D eigenvalue weighted by molar-refractivity contribution is 0.473. The standard InChI is InChI=1S/C16H19N3O2S/c20-22(21,13-11-14-6-2-1-3-7-14)18-16-10-12-17-19(16)15-8-4-5-9-15/h1-3,6-7,10-13,15,18H,4-5,8-9H2/b13-11-. The molecule has 1 aromatic carbocycles. The zero-order valence-corrected chi connectivity index (χ0v) is 13.0. The molecular formula is C16H19N3O2S. The van der Waals surface area contributed by atoms with E-state index in [-0.39, 0.29) is 0 Å². The summed E-state index contributed by atoms with van der Waals surface area (Å²) in [6.45, 7) is 0. The molecule has 1 fully saturated rings. The minimum Gasteiger partial charge on any atom is -0.264 e. The SMILES string of the molecule is O=S(=O)(/C=C\c1ccccc1)Nc1ccnn1C1CCCC1. The van der Waals surface area contributed by atoms with Crippen LogP contribution in [0, 0.1) is 0 Å². The van der Waals surface area contributed by atoms with Gasteiger partial charge < -0.3 is 0 Å². The van der Waals surface area contributed by atoms with Gasteiger partial charge in [0.25, 0.3) is 10.0 Å². The Balaban J connectivity index is 1.75. The first-order valence-corrected chi connectivity index (χ1v) is 8.98. The zero-order valence-electron chi connectivity index (χ0n) is 12.2. The topological polar surface area (TPSA) is 64.0 Å². The smallest absolute Gasteiger partial charge is 0.256 e. The second-order valence-corrected chi connectivity index (χ2v) is 7.03. The largest absolute Gasteiger partial charge is 0.264 e. The van der Waals surface area contributed by atoms with Gasteiger partial charge in [0.05, 0.1) is 17.6 Å². The molecule has 1 aromatic heterocycles. The van der Waals surface area contributed by atoms with E-state index in [9.17, 15) is 8.42 Å².